The first-order valence-electron chi connectivity index (χ1n) is 10.2. The van der Waals surface area contributed by atoms with Gasteiger partial charge in [0.15, 0.2) is 0 Å². The summed E-state index contributed by atoms with van der Waals surface area (Å²) in [5, 5.41) is 16.8. The number of nitrogens with one attached hydrogen (secondary N) is 1. The minimum Gasteiger partial charge on any atom is -0.508 e. The van der Waals surface area contributed by atoms with Crippen molar-refractivity contribution in [2.24, 2.45) is 5.92 Å². The fourth-order valence-electron chi connectivity index (χ4n) is 4.78. The summed E-state index contributed by atoms with van der Waals surface area (Å²) in [6, 6.07) is 18.6. The van der Waals surface area contributed by atoms with Gasteiger partial charge in [-0.3, -0.25) is 0 Å². The smallest absolute Gasteiger partial charge is 0.121 e. The lowest BCUT2D eigenvalue weighted by molar-refractivity contribution is 0.316. The quantitative estimate of drug-likeness (QED) is 0.540. The van der Waals surface area contributed by atoms with Gasteiger partial charge >= 0.3 is 0 Å². The largest absolute Gasteiger partial charge is 0.508 e. The van der Waals surface area contributed by atoms with E-state index in [2.05, 4.69) is 48.7 Å². The number of ether oxygens (including phenoxy) is 1. The summed E-state index contributed by atoms with van der Waals surface area (Å²) >= 11 is 0. The second-order valence-electron chi connectivity index (χ2n) is 7.79. The lowest BCUT2D eigenvalue weighted by atomic mass is 9.76. The molecule has 0 bridgehead atoms. The standard InChI is InChI=1S/C25H25NO2/c1-2-14-28-17-11-12-22-21(15-17)19-8-5-9-20(19)25(26-22)24-18-7-4-3-6-16(18)10-13-23(24)27/h3-8,10-13,15,19-20,25-27H,2,9,14H2,1H3. The van der Waals surface area contributed by atoms with Crippen LogP contribution in [-0.2, 0) is 0 Å². The van der Waals surface area contributed by atoms with Gasteiger partial charge in [0.05, 0.1) is 12.6 Å². The summed E-state index contributed by atoms with van der Waals surface area (Å²) < 4.78 is 5.87. The van der Waals surface area contributed by atoms with Gasteiger partial charge in [-0.2, -0.15) is 0 Å². The van der Waals surface area contributed by atoms with Crippen molar-refractivity contribution in [2.45, 2.75) is 31.7 Å². The first-order valence-corrected chi connectivity index (χ1v) is 10.2. The van der Waals surface area contributed by atoms with E-state index in [1.54, 1.807) is 0 Å². The predicted octanol–water partition coefficient (Wildman–Crippen LogP) is 6.16. The molecule has 1 heterocycles. The Morgan fingerprint density at radius 1 is 1.11 bits per heavy atom. The molecule has 3 nitrogen and oxygen atoms in total. The molecule has 3 atom stereocenters. The van der Waals surface area contributed by atoms with E-state index in [0.29, 0.717) is 17.6 Å². The van der Waals surface area contributed by atoms with E-state index >= 15 is 0 Å². The Hall–Kier alpha value is -2.94. The van der Waals surface area contributed by atoms with Crippen LogP contribution in [0.4, 0.5) is 5.69 Å². The number of rotatable bonds is 4. The Balaban J connectivity index is 1.60. The molecule has 3 aromatic carbocycles. The topological polar surface area (TPSA) is 41.5 Å². The number of hydrogen-bond donors (Lipinski definition) is 2. The molecule has 3 aromatic rings. The van der Waals surface area contributed by atoms with Crippen LogP contribution in [0.1, 0.15) is 42.9 Å². The summed E-state index contributed by atoms with van der Waals surface area (Å²) in [6.07, 6.45) is 6.61. The van der Waals surface area contributed by atoms with Crippen LogP contribution in [0.5, 0.6) is 11.5 Å². The number of allylic oxidation sites excluding steroid dienone is 2. The molecule has 1 aliphatic carbocycles. The van der Waals surface area contributed by atoms with Crippen molar-refractivity contribution in [3.8, 4) is 11.5 Å². The van der Waals surface area contributed by atoms with Crippen LogP contribution in [0.25, 0.3) is 10.8 Å². The van der Waals surface area contributed by atoms with Crippen molar-refractivity contribution in [3.63, 3.8) is 0 Å². The molecule has 3 unspecified atom stereocenters. The lowest BCUT2D eigenvalue weighted by Crippen LogP contribution is -2.29. The van der Waals surface area contributed by atoms with Crippen LogP contribution in [-0.4, -0.2) is 11.7 Å². The van der Waals surface area contributed by atoms with Gasteiger partial charge in [0.25, 0.3) is 0 Å². The fraction of sp³-hybridized carbons (Fsp3) is 0.280. The summed E-state index contributed by atoms with van der Waals surface area (Å²) in [6.45, 7) is 2.86. The van der Waals surface area contributed by atoms with Gasteiger partial charge < -0.3 is 15.2 Å². The van der Waals surface area contributed by atoms with E-state index in [0.717, 1.165) is 47.2 Å². The molecule has 2 aliphatic rings. The maximum absolute atomic E-state index is 10.8. The number of benzene rings is 3. The van der Waals surface area contributed by atoms with E-state index < -0.39 is 0 Å². The van der Waals surface area contributed by atoms with E-state index in [4.69, 9.17) is 4.74 Å². The van der Waals surface area contributed by atoms with Gasteiger partial charge in [-0.15, -0.1) is 0 Å². The van der Waals surface area contributed by atoms with Crippen molar-refractivity contribution < 1.29 is 9.84 Å². The first kappa shape index (κ1) is 17.2. The van der Waals surface area contributed by atoms with E-state index in [1.165, 1.54) is 5.56 Å². The van der Waals surface area contributed by atoms with Gasteiger partial charge in [0.2, 0.25) is 0 Å². The maximum Gasteiger partial charge on any atom is 0.121 e. The molecule has 0 aromatic heterocycles. The number of phenolic OH excluding ortho intramolecular Hbond substituents is 1. The number of anilines is 1. The number of fused-ring (bicyclic) bond motifs is 4. The van der Waals surface area contributed by atoms with Crippen molar-refractivity contribution in [3.05, 3.63) is 77.9 Å². The Labute approximate surface area is 165 Å². The van der Waals surface area contributed by atoms with Crippen LogP contribution in [0.15, 0.2) is 66.7 Å². The molecule has 0 fully saturated rings. The fourth-order valence-corrected chi connectivity index (χ4v) is 4.78. The van der Waals surface area contributed by atoms with E-state index in [9.17, 15) is 5.11 Å². The summed E-state index contributed by atoms with van der Waals surface area (Å²) in [5.41, 5.74) is 3.44. The molecule has 0 spiro atoms. The SMILES string of the molecule is CCCOc1ccc2c(c1)C1C=CCC1C(c1c(O)ccc3ccccc13)N2. The first-order chi connectivity index (χ1) is 13.8. The van der Waals surface area contributed by atoms with Gasteiger partial charge in [0.1, 0.15) is 11.5 Å². The van der Waals surface area contributed by atoms with Crippen molar-refractivity contribution in [1.82, 2.24) is 0 Å². The monoisotopic (exact) mass is 371 g/mol. The second kappa shape index (κ2) is 6.90. The third-order valence-corrected chi connectivity index (χ3v) is 6.07. The average molecular weight is 371 g/mol. The highest BCUT2D eigenvalue weighted by Gasteiger charge is 2.39. The Morgan fingerprint density at radius 2 is 2.00 bits per heavy atom. The molecule has 28 heavy (non-hydrogen) atoms. The van der Waals surface area contributed by atoms with E-state index in [-0.39, 0.29) is 6.04 Å². The molecule has 0 radical (unpaired) electrons. The maximum atomic E-state index is 10.8. The van der Waals surface area contributed by atoms with Gasteiger partial charge in [-0.05, 0) is 59.4 Å². The van der Waals surface area contributed by atoms with Gasteiger partial charge in [-0.25, -0.2) is 0 Å². The van der Waals surface area contributed by atoms with Crippen LogP contribution in [0.3, 0.4) is 0 Å². The van der Waals surface area contributed by atoms with Crippen LogP contribution < -0.4 is 10.1 Å². The normalized spacial score (nSPS) is 22.5. The molecule has 2 N–H and O–H groups in total. The highest BCUT2D eigenvalue weighted by molar-refractivity contribution is 5.89. The van der Waals surface area contributed by atoms with Gasteiger partial charge in [-0.1, -0.05) is 49.4 Å². The lowest BCUT2D eigenvalue weighted by Gasteiger charge is -2.38. The highest BCUT2D eigenvalue weighted by Crippen LogP contribution is 2.52. The number of aromatic hydroxyl groups is 1. The number of phenols is 1. The third kappa shape index (κ3) is 2.73. The minimum absolute atomic E-state index is 0.0704. The molecule has 3 heteroatoms. The molecule has 1 aliphatic heterocycles. The third-order valence-electron chi connectivity index (χ3n) is 6.07. The minimum atomic E-state index is 0.0704. The summed E-state index contributed by atoms with van der Waals surface area (Å²) in [4.78, 5) is 0. The van der Waals surface area contributed by atoms with Crippen molar-refractivity contribution >= 4 is 16.5 Å². The molecular formula is C25H25NO2. The van der Waals surface area contributed by atoms with Crippen LogP contribution in [0, 0.1) is 5.92 Å². The molecule has 5 rings (SSSR count). The molecular weight excluding hydrogens is 346 g/mol. The molecule has 0 saturated carbocycles. The zero-order valence-corrected chi connectivity index (χ0v) is 16.1. The Kier molecular flexibility index (Phi) is 4.23. The summed E-state index contributed by atoms with van der Waals surface area (Å²) in [5.74, 6) is 2.02. The van der Waals surface area contributed by atoms with Crippen LogP contribution in [0.2, 0.25) is 0 Å². The molecule has 142 valence electrons. The summed E-state index contributed by atoms with van der Waals surface area (Å²) in [7, 11) is 0. The molecule has 0 amide bonds. The molecule has 0 saturated heterocycles. The predicted molar refractivity (Wildman–Crippen MR) is 114 cm³/mol. The zero-order valence-electron chi connectivity index (χ0n) is 16.1. The second-order valence-corrected chi connectivity index (χ2v) is 7.79. The zero-order chi connectivity index (χ0) is 19.1. The van der Waals surface area contributed by atoms with Gasteiger partial charge in [0, 0.05) is 17.2 Å². The number of hydrogen-bond acceptors (Lipinski definition) is 3. The van der Waals surface area contributed by atoms with Crippen LogP contribution >= 0.6 is 0 Å². The Bertz CT molecular complexity index is 1060. The van der Waals surface area contributed by atoms with Crippen molar-refractivity contribution in [2.75, 3.05) is 11.9 Å². The van der Waals surface area contributed by atoms with E-state index in [1.807, 2.05) is 30.3 Å². The van der Waals surface area contributed by atoms with Crippen molar-refractivity contribution in [1.29, 1.82) is 0 Å². The average Bonchev–Trinajstić information content (AvgIpc) is 3.22. The Morgan fingerprint density at radius 3 is 2.89 bits per heavy atom. The highest BCUT2D eigenvalue weighted by atomic mass is 16.5.